The Morgan fingerprint density at radius 2 is 1.13 bits per heavy atom. The Hall–Kier alpha value is -1.31. The van der Waals surface area contributed by atoms with Crippen LogP contribution in [0.25, 0.3) is 0 Å². The van der Waals surface area contributed by atoms with Gasteiger partial charge in [-0.1, -0.05) is 43.6 Å². The highest BCUT2D eigenvalue weighted by Crippen LogP contribution is 2.57. The van der Waals surface area contributed by atoms with Gasteiger partial charge in [0.05, 0.1) is 17.4 Å². The molecule has 0 aliphatic heterocycles. The van der Waals surface area contributed by atoms with Crippen LogP contribution in [-0.2, 0) is 23.8 Å². The minimum absolute atomic E-state index is 0. The molecule has 5 nitrogen and oxygen atoms in total. The molecule has 0 aromatic carbocycles. The van der Waals surface area contributed by atoms with E-state index >= 15 is 0 Å². The van der Waals surface area contributed by atoms with Crippen molar-refractivity contribution in [1.82, 2.24) is 0 Å². The molecule has 0 saturated heterocycles. The standard InChI is InChI=1S/C16H26O2.C10H17F3O3.4CH4/c1-4-15(2,3)14(17)18-16-8-11-5-12(9-16)7-13(6-11)10-16;1-4-9(2,3)8(14)16-6-5-15-7-10(11,12)13;;;;/h11-13H,4-10H2,1-3H3;4-7H2,1-3H3;4*1H4. The Morgan fingerprint density at radius 3 is 1.50 bits per heavy atom. The lowest BCUT2D eigenvalue weighted by Crippen LogP contribution is -2.53. The van der Waals surface area contributed by atoms with Gasteiger partial charge in [0.25, 0.3) is 0 Å². The van der Waals surface area contributed by atoms with E-state index in [-0.39, 0.29) is 59.9 Å². The summed E-state index contributed by atoms with van der Waals surface area (Å²) in [6.45, 7) is 9.64. The molecule has 0 unspecified atom stereocenters. The molecule has 0 radical (unpaired) electrons. The summed E-state index contributed by atoms with van der Waals surface area (Å²) in [6, 6.07) is 0. The van der Waals surface area contributed by atoms with Gasteiger partial charge in [-0.15, -0.1) is 0 Å². The number of alkyl halides is 3. The number of rotatable bonds is 9. The third-order valence-electron chi connectivity index (χ3n) is 7.89. The van der Waals surface area contributed by atoms with Crippen LogP contribution in [0.1, 0.15) is 123 Å². The van der Waals surface area contributed by atoms with Gasteiger partial charge in [0.1, 0.15) is 18.8 Å². The van der Waals surface area contributed by atoms with Crippen molar-refractivity contribution < 1.29 is 37.0 Å². The third-order valence-corrected chi connectivity index (χ3v) is 7.89. The first-order chi connectivity index (χ1) is 15.6. The molecule has 0 aromatic rings. The molecule has 0 atom stereocenters. The van der Waals surface area contributed by atoms with E-state index in [4.69, 9.17) is 9.47 Å². The van der Waals surface area contributed by atoms with Crippen molar-refractivity contribution in [3.63, 3.8) is 0 Å². The summed E-state index contributed by atoms with van der Waals surface area (Å²) in [5.41, 5.74) is -0.994. The van der Waals surface area contributed by atoms with Gasteiger partial charge in [-0.05, 0) is 96.8 Å². The average Bonchev–Trinajstić information content (AvgIpc) is 2.71. The van der Waals surface area contributed by atoms with Gasteiger partial charge in [-0.3, -0.25) is 9.59 Å². The van der Waals surface area contributed by atoms with Gasteiger partial charge in [-0.25, -0.2) is 0 Å². The Kier molecular flexibility index (Phi) is 17.4. The number of carbonyl (C=O) groups is 2. The SMILES string of the molecule is C.C.C.C.CCC(C)(C)C(=O)OC12CC3CC(CC(C3)C1)C2.CCC(C)(C)C(=O)OCCOCC(F)(F)F. The molecule has 4 fully saturated rings. The smallest absolute Gasteiger partial charge is 0.411 e. The zero-order chi connectivity index (χ0) is 25.8. The van der Waals surface area contributed by atoms with Gasteiger partial charge < -0.3 is 14.2 Å². The van der Waals surface area contributed by atoms with Crippen LogP contribution in [0.2, 0.25) is 0 Å². The fourth-order valence-corrected chi connectivity index (χ4v) is 5.36. The van der Waals surface area contributed by atoms with E-state index < -0.39 is 24.2 Å². The molecular weight excluding hydrogens is 497 g/mol. The second-order valence-electron chi connectivity index (χ2n) is 11.8. The summed E-state index contributed by atoms with van der Waals surface area (Å²) in [5.74, 6) is 2.13. The number of esters is 2. The van der Waals surface area contributed by atoms with Crippen molar-refractivity contribution in [2.45, 2.75) is 134 Å². The topological polar surface area (TPSA) is 61.8 Å². The van der Waals surface area contributed by atoms with Crippen molar-refractivity contribution in [2.24, 2.45) is 28.6 Å². The maximum absolute atomic E-state index is 12.4. The highest BCUT2D eigenvalue weighted by Gasteiger charge is 2.54. The van der Waals surface area contributed by atoms with Crippen molar-refractivity contribution in [2.75, 3.05) is 19.8 Å². The lowest BCUT2D eigenvalue weighted by molar-refractivity contribution is -0.196. The minimum atomic E-state index is -4.34. The molecule has 4 aliphatic carbocycles. The zero-order valence-corrected chi connectivity index (χ0v) is 21.7. The molecule has 38 heavy (non-hydrogen) atoms. The fraction of sp³-hybridized carbons (Fsp3) is 0.933. The number of carbonyl (C=O) groups excluding carboxylic acids is 2. The first kappa shape index (κ1) is 41.2. The van der Waals surface area contributed by atoms with Gasteiger partial charge in [0.15, 0.2) is 0 Å². The second kappa shape index (κ2) is 16.1. The maximum Gasteiger partial charge on any atom is 0.411 e. The molecule has 4 bridgehead atoms. The molecule has 0 aromatic heterocycles. The molecule has 0 heterocycles. The van der Waals surface area contributed by atoms with Gasteiger partial charge in [-0.2, -0.15) is 13.2 Å². The van der Waals surface area contributed by atoms with Crippen molar-refractivity contribution in [3.05, 3.63) is 0 Å². The summed E-state index contributed by atoms with van der Waals surface area (Å²) in [7, 11) is 0. The molecule has 8 heteroatoms. The summed E-state index contributed by atoms with van der Waals surface area (Å²) >= 11 is 0. The van der Waals surface area contributed by atoms with Crippen LogP contribution in [0.5, 0.6) is 0 Å². The first-order valence-electron chi connectivity index (χ1n) is 12.7. The van der Waals surface area contributed by atoms with Crippen LogP contribution in [0.4, 0.5) is 13.2 Å². The van der Waals surface area contributed by atoms with E-state index in [1.807, 2.05) is 20.8 Å². The molecule has 4 aliphatic rings. The van der Waals surface area contributed by atoms with Gasteiger partial charge in [0.2, 0.25) is 0 Å². The molecule has 0 N–H and O–H groups in total. The van der Waals surface area contributed by atoms with Crippen LogP contribution in [0.15, 0.2) is 0 Å². The Morgan fingerprint density at radius 1 is 0.737 bits per heavy atom. The monoisotopic (exact) mass is 556 g/mol. The highest BCUT2D eigenvalue weighted by atomic mass is 19.4. The number of ether oxygens (including phenoxy) is 3. The maximum atomic E-state index is 12.4. The largest absolute Gasteiger partial charge is 0.463 e. The molecule has 4 rings (SSSR count). The van der Waals surface area contributed by atoms with Crippen LogP contribution in [-0.4, -0.2) is 43.5 Å². The molecule has 4 saturated carbocycles. The van der Waals surface area contributed by atoms with E-state index in [0.29, 0.717) is 6.42 Å². The second-order valence-corrected chi connectivity index (χ2v) is 11.8. The fourth-order valence-electron chi connectivity index (χ4n) is 5.36. The number of hydrogen-bond donors (Lipinski definition) is 0. The first-order valence-corrected chi connectivity index (χ1v) is 12.7. The Balaban J connectivity index is -0.000000589. The summed E-state index contributed by atoms with van der Waals surface area (Å²) < 4.78 is 50.1. The van der Waals surface area contributed by atoms with E-state index in [1.54, 1.807) is 13.8 Å². The van der Waals surface area contributed by atoms with Gasteiger partial charge >= 0.3 is 18.1 Å². The van der Waals surface area contributed by atoms with Crippen LogP contribution in [0.3, 0.4) is 0 Å². The van der Waals surface area contributed by atoms with Crippen LogP contribution in [0, 0.1) is 28.6 Å². The summed E-state index contributed by atoms with van der Waals surface area (Å²) in [6.07, 6.45) is 4.75. The van der Waals surface area contributed by atoms with E-state index in [2.05, 4.69) is 11.7 Å². The lowest BCUT2D eigenvalue weighted by Gasteiger charge is -2.56. The molecular formula is C30H59F3O5. The summed E-state index contributed by atoms with van der Waals surface area (Å²) in [5, 5.41) is 0. The third kappa shape index (κ3) is 11.8. The molecule has 0 spiro atoms. The Bertz CT molecular complexity index is 665. The minimum Gasteiger partial charge on any atom is -0.463 e. The quantitative estimate of drug-likeness (QED) is 0.209. The van der Waals surface area contributed by atoms with Crippen molar-refractivity contribution >= 4 is 11.9 Å². The van der Waals surface area contributed by atoms with Gasteiger partial charge in [0, 0.05) is 0 Å². The van der Waals surface area contributed by atoms with E-state index in [0.717, 1.165) is 43.4 Å². The normalized spacial score (nSPS) is 25.2. The van der Waals surface area contributed by atoms with Crippen molar-refractivity contribution in [3.8, 4) is 0 Å². The van der Waals surface area contributed by atoms with E-state index in [9.17, 15) is 22.8 Å². The summed E-state index contributed by atoms with van der Waals surface area (Å²) in [4.78, 5) is 23.7. The zero-order valence-electron chi connectivity index (χ0n) is 21.7. The van der Waals surface area contributed by atoms with Crippen LogP contribution >= 0.6 is 0 Å². The number of halogens is 3. The molecule has 230 valence electrons. The van der Waals surface area contributed by atoms with E-state index in [1.165, 1.54) is 19.3 Å². The average molecular weight is 557 g/mol. The van der Waals surface area contributed by atoms with Crippen LogP contribution < -0.4 is 0 Å². The Labute approximate surface area is 231 Å². The lowest BCUT2D eigenvalue weighted by atomic mass is 9.54. The molecule has 0 amide bonds. The predicted octanol–water partition coefficient (Wildman–Crippen LogP) is 9.02. The van der Waals surface area contributed by atoms with Crippen molar-refractivity contribution in [1.29, 1.82) is 0 Å². The predicted molar refractivity (Wildman–Crippen MR) is 150 cm³/mol. The number of hydrogen-bond acceptors (Lipinski definition) is 5. The highest BCUT2D eigenvalue weighted by molar-refractivity contribution is 5.76.